The molecule has 2 aromatic carbocycles. The summed E-state index contributed by atoms with van der Waals surface area (Å²) in [4.78, 5) is 43.2. The number of aromatic nitrogens is 3. The molecule has 10 heteroatoms. The Bertz CT molecular complexity index is 1510. The second kappa shape index (κ2) is 8.14. The lowest BCUT2D eigenvalue weighted by Gasteiger charge is -2.17. The summed E-state index contributed by atoms with van der Waals surface area (Å²) in [7, 11) is 2.82. The lowest BCUT2D eigenvalue weighted by molar-refractivity contribution is 0.102. The molecule has 1 amide bonds. The first kappa shape index (κ1) is 21.6. The van der Waals surface area contributed by atoms with Gasteiger partial charge in [-0.3, -0.25) is 18.7 Å². The minimum atomic E-state index is -0.619. The number of nitrogens with two attached hydrogens (primary N) is 1. The van der Waals surface area contributed by atoms with Crippen molar-refractivity contribution in [1.29, 1.82) is 0 Å². The van der Waals surface area contributed by atoms with Crippen molar-refractivity contribution in [3.05, 3.63) is 85.0 Å². The summed E-state index contributed by atoms with van der Waals surface area (Å²) >= 11 is 12.4. The number of carbonyl (C=O) groups is 1. The van der Waals surface area contributed by atoms with Crippen LogP contribution in [-0.4, -0.2) is 20.0 Å². The van der Waals surface area contributed by atoms with Crippen LogP contribution < -0.4 is 22.3 Å². The number of anilines is 2. The molecule has 162 valence electrons. The minimum absolute atomic E-state index is 0.0312. The van der Waals surface area contributed by atoms with E-state index in [4.69, 9.17) is 28.9 Å². The van der Waals surface area contributed by atoms with Gasteiger partial charge >= 0.3 is 5.69 Å². The monoisotopic (exact) mass is 469 g/mol. The van der Waals surface area contributed by atoms with Crippen LogP contribution in [0.25, 0.3) is 22.2 Å². The number of benzene rings is 2. The number of halogens is 2. The summed E-state index contributed by atoms with van der Waals surface area (Å²) in [6, 6.07) is 13.2. The second-order valence-corrected chi connectivity index (χ2v) is 7.94. The molecular weight excluding hydrogens is 453 g/mol. The summed E-state index contributed by atoms with van der Waals surface area (Å²) in [6.07, 6.45) is 0. The molecule has 0 spiro atoms. The van der Waals surface area contributed by atoms with Crippen molar-refractivity contribution in [2.24, 2.45) is 14.1 Å². The smallest absolute Gasteiger partial charge is 0.332 e. The van der Waals surface area contributed by atoms with Crippen LogP contribution in [0.3, 0.4) is 0 Å². The van der Waals surface area contributed by atoms with E-state index in [1.54, 1.807) is 48.5 Å². The van der Waals surface area contributed by atoms with Gasteiger partial charge in [0.15, 0.2) is 5.65 Å². The number of aryl methyl sites for hydroxylation is 1. The van der Waals surface area contributed by atoms with Gasteiger partial charge < -0.3 is 11.1 Å². The quantitative estimate of drug-likeness (QED) is 0.477. The molecular formula is C22H17Cl2N5O3. The van der Waals surface area contributed by atoms with Gasteiger partial charge in [-0.15, -0.1) is 0 Å². The molecule has 0 aliphatic carbocycles. The summed E-state index contributed by atoms with van der Waals surface area (Å²) < 4.78 is 2.15. The van der Waals surface area contributed by atoms with E-state index < -0.39 is 17.2 Å². The second-order valence-electron chi connectivity index (χ2n) is 7.09. The molecule has 0 unspecified atom stereocenters. The number of carbonyl (C=O) groups excluding carboxylic acids is 1. The number of nitrogen functional groups attached to an aromatic ring is 1. The van der Waals surface area contributed by atoms with Crippen molar-refractivity contribution in [3.8, 4) is 11.1 Å². The van der Waals surface area contributed by atoms with E-state index >= 15 is 0 Å². The van der Waals surface area contributed by atoms with Crippen LogP contribution in [0.1, 0.15) is 10.4 Å². The molecule has 32 heavy (non-hydrogen) atoms. The molecule has 4 aromatic rings. The molecule has 2 heterocycles. The van der Waals surface area contributed by atoms with E-state index in [1.165, 1.54) is 18.7 Å². The molecule has 0 saturated carbocycles. The number of pyridine rings is 1. The highest BCUT2D eigenvalue weighted by Crippen LogP contribution is 2.36. The highest BCUT2D eigenvalue weighted by molar-refractivity contribution is 6.34. The minimum Gasteiger partial charge on any atom is -0.383 e. The summed E-state index contributed by atoms with van der Waals surface area (Å²) in [5.41, 5.74) is 6.10. The maximum Gasteiger partial charge on any atom is 0.332 e. The maximum atomic E-state index is 13.3. The number of nitrogens with zero attached hydrogens (tertiary/aromatic N) is 3. The zero-order chi connectivity index (χ0) is 23.2. The van der Waals surface area contributed by atoms with E-state index in [1.807, 2.05) is 0 Å². The average Bonchev–Trinajstić information content (AvgIpc) is 2.77. The van der Waals surface area contributed by atoms with Crippen molar-refractivity contribution in [1.82, 2.24) is 14.1 Å². The summed E-state index contributed by atoms with van der Waals surface area (Å²) in [6.45, 7) is 0. The predicted molar refractivity (Wildman–Crippen MR) is 126 cm³/mol. The van der Waals surface area contributed by atoms with Crippen LogP contribution in [-0.2, 0) is 14.1 Å². The van der Waals surface area contributed by atoms with E-state index in [0.29, 0.717) is 21.3 Å². The van der Waals surface area contributed by atoms with Crippen molar-refractivity contribution < 1.29 is 4.79 Å². The molecule has 0 aliphatic heterocycles. The molecule has 0 radical (unpaired) electrons. The Hall–Kier alpha value is -3.62. The lowest BCUT2D eigenvalue weighted by Crippen LogP contribution is -2.38. The van der Waals surface area contributed by atoms with Gasteiger partial charge in [0, 0.05) is 41.0 Å². The van der Waals surface area contributed by atoms with Gasteiger partial charge in [-0.2, -0.15) is 0 Å². The zero-order valence-electron chi connectivity index (χ0n) is 17.0. The van der Waals surface area contributed by atoms with Crippen LogP contribution in [0.2, 0.25) is 10.0 Å². The Morgan fingerprint density at radius 1 is 1.00 bits per heavy atom. The third-order valence-corrected chi connectivity index (χ3v) is 5.67. The van der Waals surface area contributed by atoms with Crippen LogP contribution in [0.5, 0.6) is 0 Å². The summed E-state index contributed by atoms with van der Waals surface area (Å²) in [5, 5.41) is 3.61. The van der Waals surface area contributed by atoms with Gasteiger partial charge in [-0.25, -0.2) is 9.78 Å². The van der Waals surface area contributed by atoms with Gasteiger partial charge in [0.2, 0.25) is 0 Å². The number of rotatable bonds is 3. The molecule has 0 atom stereocenters. The Kier molecular flexibility index (Phi) is 5.50. The third kappa shape index (κ3) is 3.53. The predicted octanol–water partition coefficient (Wildman–Crippen LogP) is 3.44. The molecule has 4 rings (SSSR count). The van der Waals surface area contributed by atoms with Gasteiger partial charge in [0.1, 0.15) is 5.82 Å². The fraction of sp³-hybridized carbons (Fsp3) is 0.0909. The standard InChI is InChI=1S/C22H17Cl2N5O3/c1-28-19-17(21(31)29(2)22(28)32)15(13-5-3-4-6-14(13)24)16(18(25)27-19)20(30)26-12-9-7-11(23)8-10-12/h3-10H,1-2H3,(H2,25,27)(H,26,30). The van der Waals surface area contributed by atoms with E-state index in [9.17, 15) is 14.4 Å². The summed E-state index contributed by atoms with van der Waals surface area (Å²) in [5.74, 6) is -0.743. The molecule has 0 bridgehead atoms. The number of fused-ring (bicyclic) bond motifs is 1. The van der Waals surface area contributed by atoms with E-state index in [2.05, 4.69) is 10.3 Å². The van der Waals surface area contributed by atoms with Gasteiger partial charge in [-0.1, -0.05) is 41.4 Å². The van der Waals surface area contributed by atoms with Gasteiger partial charge in [0.05, 0.1) is 10.9 Å². The SMILES string of the molecule is Cn1c(=O)c2c(-c3ccccc3Cl)c(C(=O)Nc3ccc(Cl)cc3)c(N)nc2n(C)c1=O. The van der Waals surface area contributed by atoms with Crippen molar-refractivity contribution in [3.63, 3.8) is 0 Å². The Labute approximate surface area is 191 Å². The maximum absolute atomic E-state index is 13.3. The Morgan fingerprint density at radius 3 is 2.31 bits per heavy atom. The van der Waals surface area contributed by atoms with Crippen LogP contribution in [0, 0.1) is 0 Å². The van der Waals surface area contributed by atoms with Gasteiger partial charge in [0.25, 0.3) is 11.5 Å². The van der Waals surface area contributed by atoms with Crippen molar-refractivity contribution in [2.45, 2.75) is 0 Å². The van der Waals surface area contributed by atoms with E-state index in [0.717, 1.165) is 4.57 Å². The van der Waals surface area contributed by atoms with Crippen LogP contribution in [0.15, 0.2) is 58.1 Å². The fourth-order valence-corrected chi connectivity index (χ4v) is 3.85. The number of nitrogens with one attached hydrogen (secondary N) is 1. The van der Waals surface area contributed by atoms with Crippen molar-refractivity contribution >= 4 is 51.6 Å². The Morgan fingerprint density at radius 2 is 1.66 bits per heavy atom. The molecule has 3 N–H and O–H groups in total. The highest BCUT2D eigenvalue weighted by Gasteiger charge is 2.26. The largest absolute Gasteiger partial charge is 0.383 e. The van der Waals surface area contributed by atoms with Crippen LogP contribution in [0.4, 0.5) is 11.5 Å². The highest BCUT2D eigenvalue weighted by atomic mass is 35.5. The van der Waals surface area contributed by atoms with Crippen molar-refractivity contribution in [2.75, 3.05) is 11.1 Å². The molecule has 0 saturated heterocycles. The normalized spacial score (nSPS) is 11.0. The number of amides is 1. The first-order chi connectivity index (χ1) is 15.2. The number of hydrogen-bond donors (Lipinski definition) is 2. The topological polar surface area (TPSA) is 112 Å². The first-order valence-corrected chi connectivity index (χ1v) is 10.2. The molecule has 8 nitrogen and oxygen atoms in total. The average molecular weight is 470 g/mol. The van der Waals surface area contributed by atoms with Crippen LogP contribution >= 0.6 is 23.2 Å². The fourth-order valence-electron chi connectivity index (χ4n) is 3.50. The lowest BCUT2D eigenvalue weighted by atomic mass is 9.96. The van der Waals surface area contributed by atoms with E-state index in [-0.39, 0.29) is 28.0 Å². The molecule has 0 aliphatic rings. The first-order valence-electron chi connectivity index (χ1n) is 9.41. The van der Waals surface area contributed by atoms with Gasteiger partial charge in [-0.05, 0) is 30.3 Å². The third-order valence-electron chi connectivity index (χ3n) is 5.09. The zero-order valence-corrected chi connectivity index (χ0v) is 18.5. The number of hydrogen-bond acceptors (Lipinski definition) is 5. The molecule has 2 aromatic heterocycles. The Balaban J connectivity index is 2.10. The molecule has 0 fully saturated rings.